The maximum absolute atomic E-state index is 12.0. The molecule has 9 rings (SSSR count). The van der Waals surface area contributed by atoms with Crippen LogP contribution in [-0.2, 0) is 52.5 Å². The van der Waals surface area contributed by atoms with Gasteiger partial charge in [-0.3, -0.25) is 4.55 Å². The first-order chi connectivity index (χ1) is 31.0. The Morgan fingerprint density at radius 3 is 2.14 bits per heavy atom. The molecule has 26 atom stereocenters. The normalized spacial score (nSPS) is 55.2. The third kappa shape index (κ3) is 8.29. The average Bonchev–Trinajstić information content (AvgIpc) is 3.71. The molecule has 5 saturated heterocycles. The molecule has 0 amide bonds. The minimum absolute atomic E-state index is 0.0159. The zero-order valence-corrected chi connectivity index (χ0v) is 38.9. The van der Waals surface area contributed by atoms with Crippen molar-refractivity contribution >= 4 is 10.4 Å². The number of aliphatic hydroxyl groups is 8. The lowest BCUT2D eigenvalue weighted by molar-refractivity contribution is -0.371. The van der Waals surface area contributed by atoms with Crippen molar-refractivity contribution in [1.82, 2.24) is 0 Å². The van der Waals surface area contributed by atoms with Gasteiger partial charge in [0.1, 0.15) is 61.0 Å². The van der Waals surface area contributed by atoms with Crippen LogP contribution in [0.1, 0.15) is 86.0 Å². The highest BCUT2D eigenvalue weighted by atomic mass is 32.3. The van der Waals surface area contributed by atoms with E-state index in [2.05, 4.69) is 33.4 Å². The van der Waals surface area contributed by atoms with Gasteiger partial charge in [-0.2, -0.15) is 8.42 Å². The number of aliphatic hydroxyl groups excluding tert-OH is 8. The summed E-state index contributed by atoms with van der Waals surface area (Å²) in [5.41, 5.74) is 1.26. The van der Waals surface area contributed by atoms with Crippen LogP contribution in [0, 0.1) is 40.4 Å². The van der Waals surface area contributed by atoms with E-state index >= 15 is 0 Å². The molecular weight excluding hydrogens is 893 g/mol. The Balaban J connectivity index is 1.04. The molecule has 9 aliphatic rings. The molecule has 66 heavy (non-hydrogen) atoms. The fraction of sp³-hybridized carbons (Fsp3) is 0.911. The van der Waals surface area contributed by atoms with Gasteiger partial charge in [-0.25, -0.2) is 4.18 Å². The van der Waals surface area contributed by atoms with Crippen molar-refractivity contribution in [3.63, 3.8) is 0 Å². The molecule has 4 aliphatic carbocycles. The molecule has 5 aliphatic heterocycles. The van der Waals surface area contributed by atoms with E-state index in [0.29, 0.717) is 13.0 Å². The highest BCUT2D eigenvalue weighted by molar-refractivity contribution is 7.80. The van der Waals surface area contributed by atoms with E-state index in [-0.39, 0.29) is 47.5 Å². The Hall–Kier alpha value is -1.29. The summed E-state index contributed by atoms with van der Waals surface area (Å²) < 4.78 is 89.5. The van der Waals surface area contributed by atoms with E-state index in [0.717, 1.165) is 49.7 Å². The largest absolute Gasteiger partial charge is 0.397 e. The number of ether oxygens (including phenoxy) is 8. The van der Waals surface area contributed by atoms with Crippen molar-refractivity contribution in [2.24, 2.45) is 40.4 Å². The highest BCUT2D eigenvalue weighted by Gasteiger charge is 2.70. The zero-order valence-electron chi connectivity index (χ0n) is 38.1. The molecule has 3 saturated carbocycles. The SMILES string of the molecule is C=C1CCC2(OC1)OC1CC3C4CC=C5CC(OC6OC(CO)C(O)C(O)C6O)CC(OC6OC(C)C(OS(=O)(=O)O)C(O)C6OC6OC(C)C(O)C(O)C6O)C5(C)C4CCC3(C)C1C2C. The first-order valence-electron chi connectivity index (χ1n) is 23.6. The van der Waals surface area contributed by atoms with Crippen molar-refractivity contribution < 1.29 is 95.9 Å². The third-order valence-electron chi connectivity index (χ3n) is 17.7. The predicted octanol–water partition coefficient (Wildman–Crippen LogP) is -0.0403. The summed E-state index contributed by atoms with van der Waals surface area (Å²) >= 11 is 0. The molecule has 0 aromatic carbocycles. The molecule has 1 spiro atoms. The minimum Gasteiger partial charge on any atom is -0.394 e. The van der Waals surface area contributed by atoms with Gasteiger partial charge in [0, 0.05) is 24.2 Å². The van der Waals surface area contributed by atoms with E-state index in [4.69, 9.17) is 42.1 Å². The fourth-order valence-corrected chi connectivity index (χ4v) is 14.7. The molecule has 0 radical (unpaired) electrons. The number of hydrogen-bond acceptors (Lipinski definition) is 19. The van der Waals surface area contributed by atoms with Gasteiger partial charge in [0.25, 0.3) is 0 Å². The summed E-state index contributed by atoms with van der Waals surface area (Å²) in [4.78, 5) is 0. The smallest absolute Gasteiger partial charge is 0.394 e. The summed E-state index contributed by atoms with van der Waals surface area (Å²) in [5, 5.41) is 86.1. The first-order valence-corrected chi connectivity index (χ1v) is 25.0. The number of rotatable bonds is 9. The molecule has 376 valence electrons. The van der Waals surface area contributed by atoms with Crippen molar-refractivity contribution in [2.45, 2.75) is 202 Å². The van der Waals surface area contributed by atoms with E-state index in [1.165, 1.54) is 13.8 Å². The van der Waals surface area contributed by atoms with E-state index in [1.807, 2.05) is 0 Å². The van der Waals surface area contributed by atoms with Crippen molar-refractivity contribution in [3.8, 4) is 0 Å². The molecule has 21 heteroatoms. The van der Waals surface area contributed by atoms with Crippen LogP contribution in [0.2, 0.25) is 0 Å². The predicted molar refractivity (Wildman–Crippen MR) is 225 cm³/mol. The van der Waals surface area contributed by atoms with Crippen LogP contribution in [0.5, 0.6) is 0 Å². The molecule has 26 unspecified atom stereocenters. The molecule has 5 heterocycles. The Kier molecular flexibility index (Phi) is 13.6. The second kappa shape index (κ2) is 18.1. The van der Waals surface area contributed by atoms with E-state index < -0.39 is 133 Å². The van der Waals surface area contributed by atoms with Crippen LogP contribution in [0.25, 0.3) is 0 Å². The molecular formula is C45H70O20S. The fourth-order valence-electron chi connectivity index (χ4n) is 14.1. The van der Waals surface area contributed by atoms with E-state index in [1.54, 1.807) is 0 Å². The number of allylic oxidation sites excluding steroid dienone is 1. The summed E-state index contributed by atoms with van der Waals surface area (Å²) in [6, 6.07) is 0. The molecule has 9 N–H and O–H groups in total. The minimum atomic E-state index is -5.15. The van der Waals surface area contributed by atoms with Gasteiger partial charge in [-0.15, -0.1) is 0 Å². The second-order valence-corrected chi connectivity index (χ2v) is 22.3. The number of hydrogen-bond donors (Lipinski definition) is 9. The van der Waals surface area contributed by atoms with Gasteiger partial charge in [0.2, 0.25) is 0 Å². The lowest BCUT2D eigenvalue weighted by Crippen LogP contribution is -2.65. The molecule has 0 bridgehead atoms. The second-order valence-electron chi connectivity index (χ2n) is 21.2. The Bertz CT molecular complexity index is 1930. The van der Waals surface area contributed by atoms with Crippen LogP contribution < -0.4 is 0 Å². The van der Waals surface area contributed by atoms with Crippen molar-refractivity contribution in [1.29, 1.82) is 0 Å². The number of fused-ring (bicyclic) bond motifs is 7. The van der Waals surface area contributed by atoms with Gasteiger partial charge >= 0.3 is 10.4 Å². The molecule has 0 aromatic rings. The van der Waals surface area contributed by atoms with Crippen LogP contribution in [-0.4, -0.2) is 183 Å². The van der Waals surface area contributed by atoms with Crippen LogP contribution in [0.4, 0.5) is 0 Å². The summed E-state index contributed by atoms with van der Waals surface area (Å²) in [5.74, 6) is 0.308. The van der Waals surface area contributed by atoms with Crippen molar-refractivity contribution in [3.05, 3.63) is 23.8 Å². The maximum Gasteiger partial charge on any atom is 0.397 e. The molecule has 0 aromatic heterocycles. The van der Waals surface area contributed by atoms with Crippen LogP contribution >= 0.6 is 0 Å². The third-order valence-corrected chi connectivity index (χ3v) is 18.2. The lowest BCUT2D eigenvalue weighted by atomic mass is 9.46. The quantitative estimate of drug-likeness (QED) is 0.108. The topological polar surface area (TPSA) is 299 Å². The van der Waals surface area contributed by atoms with Gasteiger partial charge in [0.15, 0.2) is 24.7 Å². The standard InChI is InChI=1S/C45H70O20S/c1-18-9-12-45(57-17-18)19(2)30-27(64-45)15-26-24-8-7-22-13-23(60-41-36(52)34(50)32(48)28(16-46)61-41)14-29(44(22,6)25(24)10-11-43(26,30)5)62-42-39(37(53)38(21(4)59-42)65-66(54,55)56)63-40-35(51)33(49)31(47)20(3)58-40/h7,19-21,23-42,46-53H,1,8-17H2,2-6H3,(H,54,55,56). The Morgan fingerprint density at radius 2 is 1.47 bits per heavy atom. The van der Waals surface area contributed by atoms with E-state index in [9.17, 15) is 53.8 Å². The summed E-state index contributed by atoms with van der Waals surface area (Å²) in [6.45, 7) is 13.6. The summed E-state index contributed by atoms with van der Waals surface area (Å²) in [6.07, 6.45) is -17.4. The lowest BCUT2D eigenvalue weighted by Gasteiger charge is -2.61. The van der Waals surface area contributed by atoms with Gasteiger partial charge < -0.3 is 78.7 Å². The summed E-state index contributed by atoms with van der Waals surface area (Å²) in [7, 11) is -5.15. The molecule has 8 fully saturated rings. The van der Waals surface area contributed by atoms with Crippen molar-refractivity contribution in [2.75, 3.05) is 13.2 Å². The van der Waals surface area contributed by atoms with Crippen LogP contribution in [0.15, 0.2) is 23.8 Å². The molecule has 20 nitrogen and oxygen atoms in total. The first kappa shape index (κ1) is 49.7. The van der Waals surface area contributed by atoms with Gasteiger partial charge in [-0.05, 0) is 81.5 Å². The monoisotopic (exact) mass is 962 g/mol. The average molecular weight is 963 g/mol. The maximum atomic E-state index is 12.0. The zero-order chi connectivity index (χ0) is 47.6. The van der Waals surface area contributed by atoms with Gasteiger partial charge in [-0.1, -0.05) is 44.6 Å². The Labute approximate surface area is 385 Å². The Morgan fingerprint density at radius 1 is 0.788 bits per heavy atom. The van der Waals surface area contributed by atoms with Crippen LogP contribution in [0.3, 0.4) is 0 Å². The highest BCUT2D eigenvalue weighted by Crippen LogP contribution is 2.71. The van der Waals surface area contributed by atoms with Gasteiger partial charge in [0.05, 0.1) is 43.7 Å².